The molecule has 26 heavy (non-hydrogen) atoms. The van der Waals surface area contributed by atoms with Gasteiger partial charge in [-0.3, -0.25) is 0 Å². The minimum absolute atomic E-state index is 0.0412. The number of allylic oxidation sites excluding steroid dienone is 2. The van der Waals surface area contributed by atoms with Gasteiger partial charge in [0.05, 0.1) is 11.3 Å². The molecule has 0 bridgehead atoms. The van der Waals surface area contributed by atoms with Crippen molar-refractivity contribution >= 4 is 11.8 Å². The highest BCUT2D eigenvalue weighted by Crippen LogP contribution is 2.32. The van der Waals surface area contributed by atoms with Crippen molar-refractivity contribution in [3.05, 3.63) is 52.7 Å². The fourth-order valence-corrected chi connectivity index (χ4v) is 3.26. The lowest BCUT2D eigenvalue weighted by atomic mass is 9.85. The van der Waals surface area contributed by atoms with Crippen LogP contribution in [0.2, 0.25) is 0 Å². The monoisotopic (exact) mass is 363 g/mol. The molecule has 1 saturated heterocycles. The minimum atomic E-state index is -0.734. The number of carbonyl (C=O) groups is 1. The number of hydrogen-bond donors (Lipinski definition) is 2. The number of amides is 1. The molecule has 2 aliphatic rings. The molecule has 1 fully saturated rings. The molecule has 4 N–H and O–H groups in total. The number of hydrogen-bond acceptors (Lipinski definition) is 4. The van der Waals surface area contributed by atoms with Crippen molar-refractivity contribution in [3.63, 3.8) is 0 Å². The molecule has 2 unspecified atom stereocenters. The van der Waals surface area contributed by atoms with Gasteiger partial charge in [-0.15, -0.1) is 0 Å². The van der Waals surface area contributed by atoms with Crippen LogP contribution in [-0.2, 0) is 4.74 Å². The summed E-state index contributed by atoms with van der Waals surface area (Å²) in [6.45, 7) is 3.39. The summed E-state index contributed by atoms with van der Waals surface area (Å²) in [5.74, 6) is -1.27. The Labute approximate surface area is 151 Å². The second kappa shape index (κ2) is 7.35. The Morgan fingerprint density at radius 3 is 2.54 bits per heavy atom. The fourth-order valence-electron chi connectivity index (χ4n) is 3.26. The largest absolute Gasteiger partial charge is 0.440 e. The Balaban J connectivity index is 1.86. The summed E-state index contributed by atoms with van der Waals surface area (Å²) in [5.41, 5.74) is 12.8. The van der Waals surface area contributed by atoms with Crippen molar-refractivity contribution in [1.29, 1.82) is 0 Å². The van der Waals surface area contributed by atoms with E-state index in [2.05, 4.69) is 0 Å². The van der Waals surface area contributed by atoms with Crippen LogP contribution in [0.4, 0.5) is 13.6 Å². The van der Waals surface area contributed by atoms with Crippen LogP contribution in [0.15, 0.2) is 35.5 Å². The first-order valence-electron chi connectivity index (χ1n) is 8.72. The van der Waals surface area contributed by atoms with Gasteiger partial charge in [-0.2, -0.15) is 0 Å². The second-order valence-corrected chi connectivity index (χ2v) is 6.93. The minimum Gasteiger partial charge on any atom is -0.440 e. The number of nitrogens with two attached hydrogens (primary N) is 2. The molecule has 7 heteroatoms. The maximum Gasteiger partial charge on any atom is 0.410 e. The van der Waals surface area contributed by atoms with Gasteiger partial charge in [0.25, 0.3) is 0 Å². The highest BCUT2D eigenvalue weighted by molar-refractivity contribution is 5.69. The van der Waals surface area contributed by atoms with E-state index in [-0.39, 0.29) is 23.3 Å². The van der Waals surface area contributed by atoms with Crippen molar-refractivity contribution in [1.82, 2.24) is 4.90 Å². The van der Waals surface area contributed by atoms with Crippen LogP contribution in [0.3, 0.4) is 0 Å². The van der Waals surface area contributed by atoms with Crippen molar-refractivity contribution in [3.8, 4) is 0 Å². The summed E-state index contributed by atoms with van der Waals surface area (Å²) in [5, 5.41) is 0. The Morgan fingerprint density at radius 2 is 1.96 bits per heavy atom. The zero-order valence-corrected chi connectivity index (χ0v) is 14.7. The van der Waals surface area contributed by atoms with Gasteiger partial charge in [-0.25, -0.2) is 13.6 Å². The predicted molar refractivity (Wildman–Crippen MR) is 94.6 cm³/mol. The predicted octanol–water partition coefficient (Wildman–Crippen LogP) is 3.12. The average molecular weight is 363 g/mol. The van der Waals surface area contributed by atoms with E-state index in [0.717, 1.165) is 18.6 Å². The summed E-state index contributed by atoms with van der Waals surface area (Å²) in [7, 11) is 0. The molecule has 1 aliphatic carbocycles. The quantitative estimate of drug-likeness (QED) is 0.865. The molecule has 0 aromatic heterocycles. The molecule has 0 radical (unpaired) electrons. The Kier molecular flexibility index (Phi) is 5.15. The van der Waals surface area contributed by atoms with Crippen LogP contribution < -0.4 is 11.5 Å². The molecule has 5 nitrogen and oxygen atoms in total. The third-order valence-electron chi connectivity index (χ3n) is 4.84. The molecule has 1 aromatic rings. The van der Waals surface area contributed by atoms with E-state index in [1.165, 1.54) is 12.1 Å². The summed E-state index contributed by atoms with van der Waals surface area (Å²) >= 11 is 0. The second-order valence-electron chi connectivity index (χ2n) is 6.93. The lowest BCUT2D eigenvalue weighted by Gasteiger charge is -2.34. The van der Waals surface area contributed by atoms with E-state index in [4.69, 9.17) is 16.2 Å². The zero-order valence-electron chi connectivity index (χ0n) is 14.7. The van der Waals surface area contributed by atoms with Crippen LogP contribution in [0.1, 0.15) is 31.7 Å². The first-order chi connectivity index (χ1) is 12.4. The number of ether oxygens (including phenoxy) is 1. The normalized spacial score (nSPS) is 23.7. The van der Waals surface area contributed by atoms with E-state index in [1.807, 2.05) is 6.92 Å². The van der Waals surface area contributed by atoms with Gasteiger partial charge in [-0.1, -0.05) is 13.0 Å². The van der Waals surface area contributed by atoms with Gasteiger partial charge in [0, 0.05) is 18.8 Å². The summed E-state index contributed by atoms with van der Waals surface area (Å²) in [6, 6.07) is 3.58. The zero-order chi connectivity index (χ0) is 18.8. The van der Waals surface area contributed by atoms with Gasteiger partial charge in [0.1, 0.15) is 17.7 Å². The van der Waals surface area contributed by atoms with Crippen LogP contribution in [0, 0.1) is 17.6 Å². The molecular weight excluding hydrogens is 340 g/mol. The van der Waals surface area contributed by atoms with Gasteiger partial charge in [-0.05, 0) is 49.0 Å². The molecule has 1 aliphatic heterocycles. The lowest BCUT2D eigenvalue weighted by Crippen LogP contribution is -2.45. The smallest absolute Gasteiger partial charge is 0.410 e. The first kappa shape index (κ1) is 18.2. The number of benzene rings is 1. The molecule has 0 spiro atoms. The van der Waals surface area contributed by atoms with Crippen molar-refractivity contribution in [2.24, 2.45) is 17.4 Å². The van der Waals surface area contributed by atoms with Gasteiger partial charge >= 0.3 is 6.09 Å². The average Bonchev–Trinajstić information content (AvgIpc) is 2.49. The number of carbonyl (C=O) groups excluding carboxylic acids is 1. The molecule has 3 rings (SSSR count). The van der Waals surface area contributed by atoms with E-state index >= 15 is 0 Å². The molecule has 1 heterocycles. The highest BCUT2D eigenvalue weighted by atomic mass is 19.1. The third kappa shape index (κ3) is 3.66. The summed E-state index contributed by atoms with van der Waals surface area (Å²) in [4.78, 5) is 13.7. The SMILES string of the molecule is CC1CC(/C=C(\N)c2c(F)cccc2F)=C(N)C(OC(=O)N2CCC2)C1. The molecular formula is C19H23F2N3O2. The molecule has 1 amide bonds. The van der Waals surface area contributed by atoms with Crippen molar-refractivity contribution in [2.45, 2.75) is 32.3 Å². The van der Waals surface area contributed by atoms with Gasteiger partial charge < -0.3 is 21.1 Å². The summed E-state index contributed by atoms with van der Waals surface area (Å²) < 4.78 is 33.4. The van der Waals surface area contributed by atoms with E-state index in [0.29, 0.717) is 37.2 Å². The first-order valence-corrected chi connectivity index (χ1v) is 8.72. The standard InChI is InChI=1S/C19H23F2N3O2/c1-11-8-12(10-15(22)17-13(20)4-2-5-14(17)21)18(23)16(9-11)26-19(25)24-6-3-7-24/h2,4-5,10-11,16H,3,6-9,22-23H2,1H3/b15-10-. The number of rotatable bonds is 3. The number of likely N-dealkylation sites (tertiary alicyclic amines) is 1. The number of halogens is 2. The van der Waals surface area contributed by atoms with Crippen molar-refractivity contribution < 1.29 is 18.3 Å². The third-order valence-corrected chi connectivity index (χ3v) is 4.84. The van der Waals surface area contributed by atoms with Crippen LogP contribution in [-0.4, -0.2) is 30.2 Å². The van der Waals surface area contributed by atoms with Crippen LogP contribution in [0.5, 0.6) is 0 Å². The molecule has 0 saturated carbocycles. The maximum absolute atomic E-state index is 13.9. The van der Waals surface area contributed by atoms with Crippen LogP contribution >= 0.6 is 0 Å². The van der Waals surface area contributed by atoms with E-state index in [9.17, 15) is 13.6 Å². The Hall–Kier alpha value is -2.57. The van der Waals surface area contributed by atoms with Crippen molar-refractivity contribution in [2.75, 3.05) is 13.1 Å². The summed E-state index contributed by atoms with van der Waals surface area (Å²) in [6.07, 6.45) is 2.72. The van der Waals surface area contributed by atoms with E-state index < -0.39 is 17.7 Å². The van der Waals surface area contributed by atoms with Gasteiger partial charge in [0.15, 0.2) is 0 Å². The van der Waals surface area contributed by atoms with Crippen LogP contribution in [0.25, 0.3) is 5.70 Å². The highest BCUT2D eigenvalue weighted by Gasteiger charge is 2.31. The maximum atomic E-state index is 13.9. The molecule has 1 aromatic carbocycles. The molecule has 2 atom stereocenters. The molecule has 140 valence electrons. The number of nitrogens with zero attached hydrogens (tertiary/aromatic N) is 1. The Bertz CT molecular complexity index is 752. The lowest BCUT2D eigenvalue weighted by molar-refractivity contribution is 0.0475. The topological polar surface area (TPSA) is 81.6 Å². The Morgan fingerprint density at radius 1 is 1.31 bits per heavy atom. The van der Waals surface area contributed by atoms with E-state index in [1.54, 1.807) is 4.90 Å². The fraction of sp³-hybridized carbons (Fsp3) is 0.421. The van der Waals surface area contributed by atoms with Gasteiger partial charge in [0.2, 0.25) is 0 Å².